The van der Waals surface area contributed by atoms with Crippen molar-refractivity contribution in [2.45, 2.75) is 201 Å². The van der Waals surface area contributed by atoms with Crippen LogP contribution in [0.5, 0.6) is 0 Å². The molecule has 0 aliphatic carbocycles. The SMILES string of the molecule is OC[C@H]1O[C@H](OCC#CC(O)(C#CCO[C@H]2O[C@H](CO)[C@@H](O)[C@H](O)[C@@H]2O)c2cc(C(O)(C#CCO[C@H]3O[C@H](CO)[C@@H](O)[C@H](O)[C@@H]3O)C#CCO[C@H]3O[C@H](CO)[C@@H](O)[C@H](O)[C@@H]3O)cc(C(O)(C#CCO[C@H]3O[C@H](CO)[C@@H](O)[C@H](O)[C@@H]3O)C#CCO[C@H]3O[C@H](CO)[C@@H](O)[C@H](O)[C@@H]3O)c2)[C@@H](O)[C@@H](O)[C@@H]1O. The van der Waals surface area contributed by atoms with Gasteiger partial charge < -0.3 is 195 Å². The summed E-state index contributed by atoms with van der Waals surface area (Å²) in [5.41, 5.74) is -11.6. The second kappa shape index (κ2) is 38.0. The van der Waals surface area contributed by atoms with Gasteiger partial charge in [-0.1, -0.05) is 35.5 Å². The minimum Gasteiger partial charge on any atom is -0.394 e. The molecule has 39 nitrogen and oxygen atoms in total. The molecule has 0 unspecified atom stereocenters. The Balaban J connectivity index is 1.43. The highest BCUT2D eigenvalue weighted by molar-refractivity contribution is 5.54. The van der Waals surface area contributed by atoms with Crippen molar-refractivity contribution in [3.8, 4) is 71.0 Å². The molecule has 6 fully saturated rings. The maximum absolute atomic E-state index is 13.0. The average molecular weight is 1470 g/mol. The first kappa shape index (κ1) is 84.3. The summed E-state index contributed by atoms with van der Waals surface area (Å²) in [4.78, 5) is 0. The van der Waals surface area contributed by atoms with Crippen molar-refractivity contribution in [2.75, 3.05) is 79.3 Å². The van der Waals surface area contributed by atoms with E-state index in [0.717, 1.165) is 18.2 Å². The highest BCUT2D eigenvalue weighted by atomic mass is 16.7. The van der Waals surface area contributed by atoms with E-state index in [2.05, 4.69) is 71.0 Å². The smallest absolute Gasteiger partial charge is 0.214 e. The Morgan fingerprint density at radius 1 is 0.235 bits per heavy atom. The average Bonchev–Trinajstić information content (AvgIpc) is 0.763. The van der Waals surface area contributed by atoms with Gasteiger partial charge >= 0.3 is 0 Å². The van der Waals surface area contributed by atoms with Crippen molar-refractivity contribution in [2.24, 2.45) is 0 Å². The number of benzene rings is 1. The number of aliphatic hydroxyl groups excluding tert-OH is 24. The Kier molecular flexibility index (Phi) is 31.4. The molecule has 6 heterocycles. The van der Waals surface area contributed by atoms with Gasteiger partial charge in [0.15, 0.2) is 37.7 Å². The van der Waals surface area contributed by atoms with Crippen LogP contribution in [0.3, 0.4) is 0 Å². The monoisotopic (exact) mass is 1460 g/mol. The molecule has 0 saturated carbocycles. The van der Waals surface area contributed by atoms with Crippen molar-refractivity contribution >= 4 is 0 Å². The van der Waals surface area contributed by atoms with Gasteiger partial charge in [-0.15, -0.1) is 0 Å². The fourth-order valence-electron chi connectivity index (χ4n) is 10.7. The Hall–Kier alpha value is -4.98. The molecule has 6 aliphatic rings. The lowest BCUT2D eigenvalue weighted by Crippen LogP contribution is -2.59. The molecule has 30 atom stereocenters. The van der Waals surface area contributed by atoms with E-state index >= 15 is 0 Å². The lowest BCUT2D eigenvalue weighted by molar-refractivity contribution is -0.298. The molecule has 0 bridgehead atoms. The van der Waals surface area contributed by atoms with Crippen molar-refractivity contribution in [1.29, 1.82) is 0 Å². The van der Waals surface area contributed by atoms with E-state index < -0.39 is 297 Å². The Bertz CT molecular complexity index is 2710. The van der Waals surface area contributed by atoms with Crippen LogP contribution < -0.4 is 0 Å². The lowest BCUT2D eigenvalue weighted by atomic mass is 9.82. The molecule has 102 heavy (non-hydrogen) atoms. The normalized spacial score (nSPS) is 39.2. The summed E-state index contributed by atoms with van der Waals surface area (Å²) in [7, 11) is 0. The van der Waals surface area contributed by atoms with E-state index in [1.165, 1.54) is 0 Å². The largest absolute Gasteiger partial charge is 0.394 e. The molecule has 6 saturated heterocycles. The fourth-order valence-corrected chi connectivity index (χ4v) is 10.7. The molecule has 7 rings (SSSR count). The van der Waals surface area contributed by atoms with Crippen LogP contribution >= 0.6 is 0 Å². The van der Waals surface area contributed by atoms with Crippen LogP contribution in [0, 0.1) is 71.0 Å². The van der Waals surface area contributed by atoms with Crippen LogP contribution in [0.1, 0.15) is 16.7 Å². The van der Waals surface area contributed by atoms with Gasteiger partial charge in [-0.05, 0) is 53.7 Å². The standard InChI is InChI=1S/C63H84O39/c64-22-31-37(70)43(76)49(82)55(97-31)91-13-1-7-61(88,8-2-14-92-56-50(83)44(77)38(71)32(23-65)98-56)28-19-29(62(89,9-3-15-93-57-51(84)45(78)39(72)33(24-66)99-57)10-4-16-94-58-52(85)46(79)40(73)34(25-67)100-58)21-30(20-28)63(90,11-5-17-95-59-53(86)47(80)41(74)35(26-68)101-59)12-6-18-96-60-54(87)48(81)42(75)36(27-69)102-60/h19-21,31-60,64-90H,13-18,22-27H2/t31-,32-,33-,34-,35-,36-,37-,38-,39-,40-,41-,42-,43+,44+,45+,46+,47+,48+,49+,50+,51+,52+,53+,54+,55+,56+,57+,58+,59+,60+/m1/s1. The lowest BCUT2D eigenvalue weighted by Gasteiger charge is -2.39. The summed E-state index contributed by atoms with van der Waals surface area (Å²) < 4.78 is 65.5. The molecule has 0 amide bonds. The summed E-state index contributed by atoms with van der Waals surface area (Å²) in [5, 5.41) is 287. The van der Waals surface area contributed by atoms with Crippen LogP contribution in [0.25, 0.3) is 0 Å². The molecule has 1 aromatic carbocycles. The minimum absolute atomic E-state index is 0.718. The zero-order chi connectivity index (χ0) is 75.1. The molecule has 39 heteroatoms. The van der Waals surface area contributed by atoms with Gasteiger partial charge in [0.1, 0.15) is 186 Å². The van der Waals surface area contributed by atoms with E-state index in [0.29, 0.717) is 0 Å². The zero-order valence-electron chi connectivity index (χ0n) is 53.5. The van der Waals surface area contributed by atoms with E-state index in [9.17, 15) is 138 Å². The summed E-state index contributed by atoms with van der Waals surface area (Å²) in [6.45, 7) is -10.9. The summed E-state index contributed by atoms with van der Waals surface area (Å²) in [6, 6.07) is 2.57. The van der Waals surface area contributed by atoms with E-state index in [1.807, 2.05) is 0 Å². The maximum atomic E-state index is 13.0. The van der Waals surface area contributed by atoms with Crippen molar-refractivity contribution < 1.29 is 195 Å². The molecule has 570 valence electrons. The number of rotatable bonds is 21. The first-order valence-electron chi connectivity index (χ1n) is 31.2. The molecule has 1 aromatic rings. The van der Waals surface area contributed by atoms with E-state index in [4.69, 9.17) is 56.8 Å². The first-order chi connectivity index (χ1) is 48.4. The second-order valence-corrected chi connectivity index (χ2v) is 23.8. The number of hydrogen-bond acceptors (Lipinski definition) is 39. The number of hydrogen-bond donors (Lipinski definition) is 27. The van der Waals surface area contributed by atoms with E-state index in [1.54, 1.807) is 0 Å². The maximum Gasteiger partial charge on any atom is 0.214 e. The first-order valence-corrected chi connectivity index (χ1v) is 31.2. The van der Waals surface area contributed by atoms with Crippen LogP contribution in [-0.2, 0) is 73.6 Å². The van der Waals surface area contributed by atoms with Gasteiger partial charge in [-0.2, -0.15) is 0 Å². The molecule has 6 aliphatic heterocycles. The Morgan fingerprint density at radius 2 is 0.373 bits per heavy atom. The Labute approximate surface area is 579 Å². The van der Waals surface area contributed by atoms with Crippen molar-refractivity contribution in [3.63, 3.8) is 0 Å². The van der Waals surface area contributed by atoms with Gasteiger partial charge in [0.25, 0.3) is 0 Å². The third-order valence-corrected chi connectivity index (χ3v) is 16.8. The van der Waals surface area contributed by atoms with Gasteiger partial charge in [0.2, 0.25) is 16.8 Å². The highest BCUT2D eigenvalue weighted by Crippen LogP contribution is 2.35. The molecular formula is C63H84O39. The summed E-state index contributed by atoms with van der Waals surface area (Å²) >= 11 is 0. The predicted octanol–water partition coefficient (Wildman–Crippen LogP) is -16.8. The fraction of sp³-hybridized carbons (Fsp3) is 0.714. The summed E-state index contributed by atoms with van der Waals surface area (Å²) in [5.74, 6) is 28.7. The van der Waals surface area contributed by atoms with Crippen LogP contribution in [0.4, 0.5) is 0 Å². The third-order valence-electron chi connectivity index (χ3n) is 16.8. The van der Waals surface area contributed by atoms with Gasteiger partial charge in [0, 0.05) is 16.7 Å². The van der Waals surface area contributed by atoms with Gasteiger partial charge in [-0.3, -0.25) is 0 Å². The van der Waals surface area contributed by atoms with Crippen LogP contribution in [-0.4, -0.2) is 401 Å². The molecular weight excluding hydrogens is 1380 g/mol. The second-order valence-electron chi connectivity index (χ2n) is 23.8. The molecule has 27 N–H and O–H groups in total. The Morgan fingerprint density at radius 3 is 0.500 bits per heavy atom. The topological polar surface area (TPSA) is 657 Å². The van der Waals surface area contributed by atoms with Gasteiger partial charge in [-0.25, -0.2) is 0 Å². The van der Waals surface area contributed by atoms with E-state index in [-0.39, 0.29) is 0 Å². The number of aliphatic hydroxyl groups is 27. The van der Waals surface area contributed by atoms with Crippen molar-refractivity contribution in [3.05, 3.63) is 34.9 Å². The van der Waals surface area contributed by atoms with Gasteiger partial charge in [0.05, 0.1) is 39.6 Å². The molecule has 0 aromatic heterocycles. The van der Waals surface area contributed by atoms with Crippen LogP contribution in [0.15, 0.2) is 18.2 Å². The summed E-state index contributed by atoms with van der Waals surface area (Å²) in [6.07, 6.45) is -55.0. The predicted molar refractivity (Wildman–Crippen MR) is 323 cm³/mol. The quantitative estimate of drug-likeness (QED) is 0.0508. The minimum atomic E-state index is -3.14. The highest BCUT2D eigenvalue weighted by Gasteiger charge is 2.50. The number of ether oxygens (including phenoxy) is 12. The van der Waals surface area contributed by atoms with Crippen LogP contribution in [0.2, 0.25) is 0 Å². The van der Waals surface area contributed by atoms with Crippen molar-refractivity contribution in [1.82, 2.24) is 0 Å². The zero-order valence-corrected chi connectivity index (χ0v) is 53.5. The molecule has 0 spiro atoms. The third kappa shape index (κ3) is 20.0. The molecule has 0 radical (unpaired) electrons.